The Morgan fingerprint density at radius 1 is 0.935 bits per heavy atom. The number of benzene rings is 2. The van der Waals surface area contributed by atoms with E-state index in [1.165, 1.54) is 12.7 Å². The number of aryl methyl sites for hydroxylation is 1. The standard InChI is InChI=1S/C26H33NO4/c1-30-23-14-8-13-22(20-23)26(16-17-26)25(29)27(18-7-6-15-24(28)31-2)19-9-12-21-10-4-3-5-11-21/h3-5,8,10-11,13-14,20H,6-7,9,12,15-19H2,1-2H3. The molecule has 0 heterocycles. The molecule has 5 heteroatoms. The zero-order chi connectivity index (χ0) is 22.1. The minimum Gasteiger partial charge on any atom is -0.497 e. The topological polar surface area (TPSA) is 55.8 Å². The quantitative estimate of drug-likeness (QED) is 0.372. The molecule has 0 spiro atoms. The minimum absolute atomic E-state index is 0.197. The first kappa shape index (κ1) is 22.9. The number of methoxy groups -OCH3 is 2. The van der Waals surface area contributed by atoms with Gasteiger partial charge >= 0.3 is 5.97 Å². The number of nitrogens with zero attached hydrogens (tertiary/aromatic N) is 1. The molecule has 1 fully saturated rings. The van der Waals surface area contributed by atoms with Crippen molar-refractivity contribution < 1.29 is 19.1 Å². The first-order valence-corrected chi connectivity index (χ1v) is 11.1. The fourth-order valence-corrected chi connectivity index (χ4v) is 4.08. The van der Waals surface area contributed by atoms with E-state index in [4.69, 9.17) is 9.47 Å². The third-order valence-corrected chi connectivity index (χ3v) is 6.09. The van der Waals surface area contributed by atoms with Crippen molar-refractivity contribution in [2.75, 3.05) is 27.3 Å². The third kappa shape index (κ3) is 6.09. The van der Waals surface area contributed by atoms with Gasteiger partial charge in [0.2, 0.25) is 5.91 Å². The summed E-state index contributed by atoms with van der Waals surface area (Å²) in [6.07, 6.45) is 5.51. The SMILES string of the molecule is COC(=O)CCCCN(CCCc1ccccc1)C(=O)C1(c2cccc(OC)c2)CC1. The number of rotatable bonds is 12. The highest BCUT2D eigenvalue weighted by molar-refractivity contribution is 5.91. The fraction of sp³-hybridized carbons (Fsp3) is 0.462. The van der Waals surface area contributed by atoms with Gasteiger partial charge in [-0.05, 0) is 61.8 Å². The average Bonchev–Trinajstić information content (AvgIpc) is 3.63. The second-order valence-electron chi connectivity index (χ2n) is 8.23. The lowest BCUT2D eigenvalue weighted by Gasteiger charge is -2.28. The number of unbranched alkanes of at least 4 members (excludes halogenated alkanes) is 1. The number of carbonyl (C=O) groups is 2. The molecule has 0 radical (unpaired) electrons. The summed E-state index contributed by atoms with van der Waals surface area (Å²) in [5.74, 6) is 0.786. The van der Waals surface area contributed by atoms with Crippen molar-refractivity contribution >= 4 is 11.9 Å². The van der Waals surface area contributed by atoms with Gasteiger partial charge in [0.25, 0.3) is 0 Å². The van der Waals surface area contributed by atoms with Gasteiger partial charge in [-0.2, -0.15) is 0 Å². The number of amides is 1. The minimum atomic E-state index is -0.427. The maximum Gasteiger partial charge on any atom is 0.305 e. The molecule has 3 rings (SSSR count). The molecule has 2 aromatic rings. The zero-order valence-electron chi connectivity index (χ0n) is 18.6. The Bertz CT molecular complexity index is 861. The molecule has 1 saturated carbocycles. The molecule has 2 aromatic carbocycles. The molecule has 1 amide bonds. The van der Waals surface area contributed by atoms with Crippen LogP contribution in [0.5, 0.6) is 5.75 Å². The van der Waals surface area contributed by atoms with Crippen LogP contribution in [-0.2, 0) is 26.2 Å². The van der Waals surface area contributed by atoms with E-state index in [1.807, 2.05) is 47.4 Å². The first-order chi connectivity index (χ1) is 15.1. The summed E-state index contributed by atoms with van der Waals surface area (Å²) in [5.41, 5.74) is 1.90. The number of esters is 1. The van der Waals surface area contributed by atoms with Crippen LogP contribution in [0.2, 0.25) is 0 Å². The molecule has 0 aromatic heterocycles. The fourth-order valence-electron chi connectivity index (χ4n) is 4.08. The lowest BCUT2D eigenvalue weighted by molar-refractivity contribution is -0.140. The maximum absolute atomic E-state index is 13.6. The number of ether oxygens (including phenoxy) is 2. The number of hydrogen-bond donors (Lipinski definition) is 0. The van der Waals surface area contributed by atoms with Crippen LogP contribution in [0, 0.1) is 0 Å². The summed E-state index contributed by atoms with van der Waals surface area (Å²) >= 11 is 0. The summed E-state index contributed by atoms with van der Waals surface area (Å²) in [4.78, 5) is 27.1. The molecule has 0 unspecified atom stereocenters. The second-order valence-corrected chi connectivity index (χ2v) is 8.23. The molecule has 0 atom stereocenters. The van der Waals surface area contributed by atoms with Gasteiger partial charge in [-0.25, -0.2) is 0 Å². The van der Waals surface area contributed by atoms with Crippen molar-refractivity contribution in [2.24, 2.45) is 0 Å². The highest BCUT2D eigenvalue weighted by atomic mass is 16.5. The van der Waals surface area contributed by atoms with Crippen LogP contribution in [0.3, 0.4) is 0 Å². The van der Waals surface area contributed by atoms with E-state index < -0.39 is 5.41 Å². The highest BCUT2D eigenvalue weighted by Gasteiger charge is 2.52. The van der Waals surface area contributed by atoms with E-state index in [9.17, 15) is 9.59 Å². The van der Waals surface area contributed by atoms with Gasteiger partial charge in [0.15, 0.2) is 0 Å². The van der Waals surface area contributed by atoms with E-state index in [1.54, 1.807) is 7.11 Å². The highest BCUT2D eigenvalue weighted by Crippen LogP contribution is 2.50. The Hall–Kier alpha value is -2.82. The van der Waals surface area contributed by atoms with Crippen LogP contribution in [0.25, 0.3) is 0 Å². The van der Waals surface area contributed by atoms with Gasteiger partial charge in [-0.1, -0.05) is 42.5 Å². The zero-order valence-corrected chi connectivity index (χ0v) is 18.6. The van der Waals surface area contributed by atoms with Gasteiger partial charge < -0.3 is 14.4 Å². The van der Waals surface area contributed by atoms with Crippen LogP contribution < -0.4 is 4.74 Å². The lowest BCUT2D eigenvalue weighted by atomic mass is 9.93. The third-order valence-electron chi connectivity index (χ3n) is 6.09. The summed E-state index contributed by atoms with van der Waals surface area (Å²) in [7, 11) is 3.06. The van der Waals surface area contributed by atoms with Crippen molar-refractivity contribution in [1.29, 1.82) is 0 Å². The molecule has 1 aliphatic carbocycles. The molecule has 5 nitrogen and oxygen atoms in total. The van der Waals surface area contributed by atoms with Crippen molar-refractivity contribution in [3.8, 4) is 5.75 Å². The van der Waals surface area contributed by atoms with Crippen LogP contribution in [-0.4, -0.2) is 44.1 Å². The van der Waals surface area contributed by atoms with Crippen molar-refractivity contribution in [1.82, 2.24) is 4.90 Å². The molecular formula is C26H33NO4. The van der Waals surface area contributed by atoms with E-state index in [0.717, 1.165) is 56.4 Å². The van der Waals surface area contributed by atoms with E-state index in [-0.39, 0.29) is 11.9 Å². The Morgan fingerprint density at radius 2 is 1.68 bits per heavy atom. The molecule has 1 aliphatic rings. The normalized spacial score (nSPS) is 14.0. The maximum atomic E-state index is 13.6. The van der Waals surface area contributed by atoms with Crippen LogP contribution in [0.1, 0.15) is 49.7 Å². The summed E-state index contributed by atoms with van der Waals surface area (Å²) < 4.78 is 10.1. The van der Waals surface area contributed by atoms with E-state index >= 15 is 0 Å². The van der Waals surface area contributed by atoms with Crippen LogP contribution in [0.4, 0.5) is 0 Å². The average molecular weight is 424 g/mol. The number of carbonyl (C=O) groups excluding carboxylic acids is 2. The predicted octanol–water partition coefficient (Wildman–Crippen LogP) is 4.53. The molecular weight excluding hydrogens is 390 g/mol. The lowest BCUT2D eigenvalue weighted by Crippen LogP contribution is -2.40. The first-order valence-electron chi connectivity index (χ1n) is 11.1. The smallest absolute Gasteiger partial charge is 0.305 e. The van der Waals surface area contributed by atoms with Gasteiger partial charge in [-0.3, -0.25) is 9.59 Å². The summed E-state index contributed by atoms with van der Waals surface area (Å²) in [6, 6.07) is 18.3. The van der Waals surface area contributed by atoms with Gasteiger partial charge in [0.1, 0.15) is 5.75 Å². The predicted molar refractivity (Wildman–Crippen MR) is 121 cm³/mol. The summed E-state index contributed by atoms with van der Waals surface area (Å²) in [6.45, 7) is 1.38. The van der Waals surface area contributed by atoms with Crippen LogP contribution >= 0.6 is 0 Å². The van der Waals surface area contributed by atoms with E-state index in [0.29, 0.717) is 13.0 Å². The summed E-state index contributed by atoms with van der Waals surface area (Å²) in [5, 5.41) is 0. The molecule has 166 valence electrons. The van der Waals surface area contributed by atoms with Crippen molar-refractivity contribution in [2.45, 2.75) is 50.4 Å². The molecule has 0 N–H and O–H groups in total. The largest absolute Gasteiger partial charge is 0.497 e. The molecule has 0 aliphatic heterocycles. The van der Waals surface area contributed by atoms with Crippen molar-refractivity contribution in [3.63, 3.8) is 0 Å². The second kappa shape index (κ2) is 11.0. The van der Waals surface area contributed by atoms with Crippen LogP contribution in [0.15, 0.2) is 54.6 Å². The van der Waals surface area contributed by atoms with E-state index in [2.05, 4.69) is 12.1 Å². The monoisotopic (exact) mass is 423 g/mol. The Labute approximate surface area is 185 Å². The van der Waals surface area contributed by atoms with Gasteiger partial charge in [0, 0.05) is 19.5 Å². The molecule has 31 heavy (non-hydrogen) atoms. The molecule has 0 saturated heterocycles. The Balaban J connectivity index is 1.66. The van der Waals surface area contributed by atoms with Gasteiger partial charge in [0.05, 0.1) is 19.6 Å². The Morgan fingerprint density at radius 3 is 2.35 bits per heavy atom. The van der Waals surface area contributed by atoms with Gasteiger partial charge in [-0.15, -0.1) is 0 Å². The van der Waals surface area contributed by atoms with Crippen molar-refractivity contribution in [3.05, 3.63) is 65.7 Å². The number of hydrogen-bond acceptors (Lipinski definition) is 4. The Kier molecular flexibility index (Phi) is 8.10. The molecule has 0 bridgehead atoms.